The molecule has 24 valence electrons. The number of halogens is 1. The Hall–Kier alpha value is 0.497. The summed E-state index contributed by atoms with van der Waals surface area (Å²) in [7, 11) is 0. The van der Waals surface area contributed by atoms with Gasteiger partial charge in [0.15, 0.2) is 0 Å². The van der Waals surface area contributed by atoms with Gasteiger partial charge in [0.05, 0.1) is 0 Å². The predicted octanol–water partition coefficient (Wildman–Crippen LogP) is -1.42. The second-order valence-electron chi connectivity index (χ2n) is 0.362. The quantitative estimate of drug-likeness (QED) is 0.269. The van der Waals surface area contributed by atoms with E-state index in [2.05, 4.69) is 6.58 Å². The standard InChI is InChI=1S/C3H4Cl.Li/c1-2-3-4;/h2-3H,1H2;/q-1;+1. The molecule has 0 atom stereocenters. The first-order chi connectivity index (χ1) is 1.91. The molecule has 0 aromatic heterocycles. The van der Waals surface area contributed by atoms with Gasteiger partial charge in [-0.1, -0.05) is 0 Å². The number of hydrogen-bond donors (Lipinski definition) is 0. The maximum atomic E-state index is 4.94. The minimum absolute atomic E-state index is 0. The van der Waals surface area contributed by atoms with E-state index in [1.54, 1.807) is 0 Å². The Morgan fingerprint density at radius 3 is 2.00 bits per heavy atom. The third-order valence-corrected chi connectivity index (χ3v) is 0.267. The SMILES string of the molecule is C=C[CH-]Cl.[Li+]. The van der Waals surface area contributed by atoms with Gasteiger partial charge < -0.3 is 0 Å². The van der Waals surface area contributed by atoms with Crippen molar-refractivity contribution in [2.24, 2.45) is 0 Å². The zero-order chi connectivity index (χ0) is 3.41. The predicted molar refractivity (Wildman–Crippen MR) is 20.3 cm³/mol. The van der Waals surface area contributed by atoms with Crippen LogP contribution in [0.15, 0.2) is 12.7 Å². The van der Waals surface area contributed by atoms with Crippen molar-refractivity contribution in [2.45, 2.75) is 0 Å². The number of rotatable bonds is 1. The Labute approximate surface area is 49.4 Å². The van der Waals surface area contributed by atoms with Gasteiger partial charge in [-0.15, -0.1) is 5.88 Å². The van der Waals surface area contributed by atoms with Crippen LogP contribution in [-0.2, 0) is 0 Å². The van der Waals surface area contributed by atoms with Gasteiger partial charge in [0.2, 0.25) is 0 Å². The van der Waals surface area contributed by atoms with Crippen molar-refractivity contribution in [3.05, 3.63) is 18.5 Å². The average molecular weight is 82.5 g/mol. The molecule has 0 radical (unpaired) electrons. The van der Waals surface area contributed by atoms with E-state index < -0.39 is 0 Å². The molecule has 0 spiro atoms. The molecule has 0 fully saturated rings. The second kappa shape index (κ2) is 8.82. The third-order valence-electron chi connectivity index (χ3n) is 0.0891. The summed E-state index contributed by atoms with van der Waals surface area (Å²) in [5.74, 6) is 1.36. The van der Waals surface area contributed by atoms with Crippen LogP contribution in [0.2, 0.25) is 0 Å². The Balaban J connectivity index is 0. The second-order valence-corrected chi connectivity index (χ2v) is 0.614. The van der Waals surface area contributed by atoms with E-state index in [9.17, 15) is 0 Å². The molecule has 0 aliphatic carbocycles. The van der Waals surface area contributed by atoms with Crippen molar-refractivity contribution < 1.29 is 18.9 Å². The van der Waals surface area contributed by atoms with E-state index in [4.69, 9.17) is 11.6 Å². The topological polar surface area (TPSA) is 0 Å². The van der Waals surface area contributed by atoms with E-state index in [1.165, 1.54) is 12.0 Å². The zero-order valence-electron chi connectivity index (χ0n) is 3.24. The summed E-state index contributed by atoms with van der Waals surface area (Å²) < 4.78 is 0. The fourth-order valence-corrected chi connectivity index (χ4v) is 0. The van der Waals surface area contributed by atoms with Crippen molar-refractivity contribution >= 4 is 11.6 Å². The van der Waals surface area contributed by atoms with Crippen LogP contribution in [-0.4, -0.2) is 0 Å². The van der Waals surface area contributed by atoms with Gasteiger partial charge in [-0.05, 0) is 0 Å². The summed E-state index contributed by atoms with van der Waals surface area (Å²) in [6.07, 6.45) is 1.52. The Kier molecular flexibility index (Phi) is 16.0. The van der Waals surface area contributed by atoms with E-state index in [1.807, 2.05) is 0 Å². The van der Waals surface area contributed by atoms with Crippen LogP contribution in [0.25, 0.3) is 0 Å². The van der Waals surface area contributed by atoms with Crippen molar-refractivity contribution in [3.8, 4) is 0 Å². The number of allylic oxidation sites excluding steroid dienone is 1. The van der Waals surface area contributed by atoms with Crippen LogP contribution in [0.1, 0.15) is 0 Å². The van der Waals surface area contributed by atoms with Gasteiger partial charge >= 0.3 is 18.9 Å². The van der Waals surface area contributed by atoms with Gasteiger partial charge in [0, 0.05) is 0 Å². The molecule has 0 N–H and O–H groups in total. The van der Waals surface area contributed by atoms with Crippen LogP contribution in [0.5, 0.6) is 0 Å². The molecule has 5 heavy (non-hydrogen) atoms. The average Bonchev–Trinajstić information content (AvgIpc) is 1.37. The molecule has 0 aromatic carbocycles. The van der Waals surface area contributed by atoms with Crippen molar-refractivity contribution in [1.82, 2.24) is 0 Å². The maximum absolute atomic E-state index is 4.94. The Bertz CT molecular complexity index is 20.9. The summed E-state index contributed by atoms with van der Waals surface area (Å²) in [5.41, 5.74) is 0. The smallest absolute Gasteiger partial charge is 0.244 e. The molecule has 0 aromatic rings. The fraction of sp³-hybridized carbons (Fsp3) is 0. The summed E-state index contributed by atoms with van der Waals surface area (Å²) >= 11 is 4.94. The minimum atomic E-state index is 0. The molecule has 0 saturated heterocycles. The van der Waals surface area contributed by atoms with Gasteiger partial charge in [-0.25, -0.2) is 24.3 Å². The van der Waals surface area contributed by atoms with Crippen LogP contribution in [0, 0.1) is 5.88 Å². The molecule has 0 aliphatic heterocycles. The Morgan fingerprint density at radius 1 is 1.80 bits per heavy atom. The van der Waals surface area contributed by atoms with E-state index in [-0.39, 0.29) is 18.9 Å². The van der Waals surface area contributed by atoms with E-state index in [0.717, 1.165) is 0 Å². The molecule has 0 saturated carbocycles. The molecule has 0 bridgehead atoms. The first-order valence-corrected chi connectivity index (χ1v) is 1.40. The van der Waals surface area contributed by atoms with Crippen molar-refractivity contribution in [3.63, 3.8) is 0 Å². The van der Waals surface area contributed by atoms with E-state index in [0.29, 0.717) is 0 Å². The third kappa shape index (κ3) is 12.5. The zero-order valence-corrected chi connectivity index (χ0v) is 4.00. The first kappa shape index (κ1) is 9.09. The monoisotopic (exact) mass is 82.0 g/mol. The fourth-order valence-electron chi connectivity index (χ4n) is 0. The molecule has 0 unspecified atom stereocenters. The summed E-state index contributed by atoms with van der Waals surface area (Å²) in [4.78, 5) is 0. The van der Waals surface area contributed by atoms with Gasteiger partial charge in [-0.3, -0.25) is 0 Å². The number of hydrogen-bond acceptors (Lipinski definition) is 0. The molecule has 0 nitrogen and oxygen atoms in total. The van der Waals surface area contributed by atoms with Gasteiger partial charge in [-0.2, -0.15) is 0 Å². The molecule has 2 heteroatoms. The molecular weight excluding hydrogens is 78.4 g/mol. The van der Waals surface area contributed by atoms with Crippen LogP contribution in [0.3, 0.4) is 0 Å². The van der Waals surface area contributed by atoms with Crippen molar-refractivity contribution in [2.75, 3.05) is 0 Å². The Morgan fingerprint density at radius 2 is 2.00 bits per heavy atom. The largest absolute Gasteiger partial charge is 1.00 e. The summed E-state index contributed by atoms with van der Waals surface area (Å²) in [5, 5.41) is 0. The molecule has 0 aliphatic rings. The maximum Gasteiger partial charge on any atom is 1.00 e. The normalized spacial score (nSPS) is 4.20. The van der Waals surface area contributed by atoms with Crippen LogP contribution >= 0.6 is 11.6 Å². The van der Waals surface area contributed by atoms with E-state index >= 15 is 0 Å². The van der Waals surface area contributed by atoms with Crippen LogP contribution in [0.4, 0.5) is 0 Å². The first-order valence-electron chi connectivity index (χ1n) is 0.960. The summed E-state index contributed by atoms with van der Waals surface area (Å²) in [6, 6.07) is 0. The molecular formula is C3H4ClLi. The van der Waals surface area contributed by atoms with Crippen LogP contribution < -0.4 is 18.9 Å². The minimum Gasteiger partial charge on any atom is -0.244 e. The van der Waals surface area contributed by atoms with Crippen molar-refractivity contribution in [1.29, 1.82) is 0 Å². The van der Waals surface area contributed by atoms with Gasteiger partial charge in [0.1, 0.15) is 0 Å². The van der Waals surface area contributed by atoms with Gasteiger partial charge in [0.25, 0.3) is 0 Å². The molecule has 0 heterocycles. The molecule has 0 rings (SSSR count). The summed E-state index contributed by atoms with van der Waals surface area (Å²) in [6.45, 7) is 3.29. The molecule has 0 amide bonds.